The van der Waals surface area contributed by atoms with Gasteiger partial charge in [-0.1, -0.05) is 20.8 Å². The van der Waals surface area contributed by atoms with Gasteiger partial charge in [0.15, 0.2) is 0 Å². The molecule has 0 bridgehead atoms. The number of benzene rings is 1. The Morgan fingerprint density at radius 2 is 0.792 bits per heavy atom. The Labute approximate surface area is 157 Å². The number of nitriles is 3. The Hall–Kier alpha value is -1.26. The highest BCUT2D eigenvalue weighted by Gasteiger charge is 2.21. The lowest BCUT2D eigenvalue weighted by Crippen LogP contribution is -2.11. The highest BCUT2D eigenvalue weighted by atomic mass is 32.2. The molecule has 0 radical (unpaired) electrons. The van der Waals surface area contributed by atoms with E-state index < -0.39 is 0 Å². The zero-order valence-corrected chi connectivity index (χ0v) is 16.8. The van der Waals surface area contributed by atoms with Crippen LogP contribution < -0.4 is 0 Å². The smallest absolute Gasteiger partial charge is 0.133 e. The van der Waals surface area contributed by atoms with Gasteiger partial charge in [0.1, 0.15) is 16.2 Å². The van der Waals surface area contributed by atoms with Crippen LogP contribution in [0.5, 0.6) is 0 Å². The average Bonchev–Trinajstić information content (AvgIpc) is 2.61. The van der Waals surface area contributed by atoms with E-state index in [1.165, 1.54) is 68.7 Å². The number of hydrogen-bond donors (Lipinski definition) is 0. The quantitative estimate of drug-likeness (QED) is 0.529. The third-order valence-electron chi connectivity index (χ3n) is 4.09. The SMILES string of the molecule is CCc1c(CSC#N)c(CC)c(CSC#N)c(CC)c1CSC#N. The van der Waals surface area contributed by atoms with Crippen molar-refractivity contribution >= 4 is 35.3 Å². The molecule has 1 rings (SSSR count). The molecular weight excluding hydrogens is 354 g/mol. The van der Waals surface area contributed by atoms with Crippen LogP contribution >= 0.6 is 35.3 Å². The predicted molar refractivity (Wildman–Crippen MR) is 105 cm³/mol. The lowest BCUT2D eigenvalue weighted by Gasteiger charge is -2.24. The van der Waals surface area contributed by atoms with Gasteiger partial charge in [-0.3, -0.25) is 0 Å². The maximum Gasteiger partial charge on any atom is 0.133 e. The van der Waals surface area contributed by atoms with Crippen LogP contribution in [0.3, 0.4) is 0 Å². The molecule has 6 heteroatoms. The van der Waals surface area contributed by atoms with E-state index in [2.05, 4.69) is 37.0 Å². The van der Waals surface area contributed by atoms with Crippen molar-refractivity contribution in [2.75, 3.05) is 0 Å². The molecule has 0 unspecified atom stereocenters. The molecule has 0 atom stereocenters. The molecule has 0 amide bonds. The summed E-state index contributed by atoms with van der Waals surface area (Å²) in [6.45, 7) is 6.41. The van der Waals surface area contributed by atoms with E-state index in [9.17, 15) is 0 Å². The Kier molecular flexibility index (Phi) is 9.80. The summed E-state index contributed by atoms with van der Waals surface area (Å²) in [5.74, 6) is 2.00. The first-order valence-electron chi connectivity index (χ1n) is 7.89. The van der Waals surface area contributed by atoms with Crippen molar-refractivity contribution in [3.8, 4) is 16.2 Å². The molecular formula is C18H21N3S3. The van der Waals surface area contributed by atoms with Gasteiger partial charge in [-0.2, -0.15) is 15.8 Å². The number of hydrogen-bond acceptors (Lipinski definition) is 6. The third-order valence-corrected chi connectivity index (χ3v) is 5.78. The monoisotopic (exact) mass is 375 g/mol. The second-order valence-corrected chi connectivity index (χ2v) is 7.35. The van der Waals surface area contributed by atoms with Gasteiger partial charge in [0, 0.05) is 17.3 Å². The Bertz CT molecular complexity index is 577. The molecule has 3 nitrogen and oxygen atoms in total. The lowest BCUT2D eigenvalue weighted by atomic mass is 9.85. The van der Waals surface area contributed by atoms with Gasteiger partial charge in [-0.25, -0.2) is 0 Å². The van der Waals surface area contributed by atoms with Crippen molar-refractivity contribution in [3.05, 3.63) is 33.4 Å². The van der Waals surface area contributed by atoms with Crippen molar-refractivity contribution in [3.63, 3.8) is 0 Å². The van der Waals surface area contributed by atoms with E-state index in [1.54, 1.807) is 0 Å². The van der Waals surface area contributed by atoms with Crippen LogP contribution in [0.1, 0.15) is 54.2 Å². The summed E-state index contributed by atoms with van der Waals surface area (Å²) in [6, 6.07) is 0. The number of nitrogens with zero attached hydrogens (tertiary/aromatic N) is 3. The van der Waals surface area contributed by atoms with Gasteiger partial charge in [0.25, 0.3) is 0 Å². The summed E-state index contributed by atoms with van der Waals surface area (Å²) in [7, 11) is 0. The molecule has 0 aliphatic carbocycles. The van der Waals surface area contributed by atoms with Gasteiger partial charge in [-0.05, 0) is 87.9 Å². The number of thioether (sulfide) groups is 3. The fourth-order valence-electron chi connectivity index (χ4n) is 3.21. The van der Waals surface area contributed by atoms with Crippen LogP contribution in [0.25, 0.3) is 0 Å². The zero-order chi connectivity index (χ0) is 17.9. The normalized spacial score (nSPS) is 10.0. The summed E-state index contributed by atoms with van der Waals surface area (Å²) < 4.78 is 0. The zero-order valence-electron chi connectivity index (χ0n) is 14.3. The largest absolute Gasteiger partial charge is 0.185 e. The third kappa shape index (κ3) is 4.87. The van der Waals surface area contributed by atoms with E-state index in [0.29, 0.717) is 17.3 Å². The maximum absolute atomic E-state index is 9.00. The second kappa shape index (κ2) is 11.3. The van der Waals surface area contributed by atoms with Gasteiger partial charge in [-0.15, -0.1) is 0 Å². The first-order chi connectivity index (χ1) is 11.7. The van der Waals surface area contributed by atoms with Gasteiger partial charge in [0.05, 0.1) is 0 Å². The summed E-state index contributed by atoms with van der Waals surface area (Å²) in [5, 5.41) is 33.5. The van der Waals surface area contributed by atoms with Crippen LogP contribution in [0.4, 0.5) is 0 Å². The molecule has 1 aromatic carbocycles. The fourth-order valence-corrected chi connectivity index (χ4v) is 4.88. The molecule has 0 saturated heterocycles. The molecule has 0 aliphatic rings. The first-order valence-corrected chi connectivity index (χ1v) is 10.8. The standard InChI is InChI=1S/C18H21N3S3/c1-4-13-16(7-22-10-19)14(5-2)18(9-24-12-21)15(6-3)17(13)8-23-11-20/h4-9H2,1-3H3. The first kappa shape index (κ1) is 20.8. The molecule has 0 spiro atoms. The fraction of sp³-hybridized carbons (Fsp3) is 0.500. The van der Waals surface area contributed by atoms with Crippen molar-refractivity contribution in [2.45, 2.75) is 57.3 Å². The summed E-state index contributed by atoms with van der Waals surface area (Å²) in [5.41, 5.74) is 7.60. The molecule has 126 valence electrons. The van der Waals surface area contributed by atoms with E-state index in [0.717, 1.165) is 19.3 Å². The van der Waals surface area contributed by atoms with Gasteiger partial charge in [0.2, 0.25) is 0 Å². The minimum atomic E-state index is 0.668. The van der Waals surface area contributed by atoms with Crippen molar-refractivity contribution in [1.82, 2.24) is 0 Å². The Morgan fingerprint density at radius 1 is 0.542 bits per heavy atom. The maximum atomic E-state index is 9.00. The number of thiocyanates is 3. The number of rotatable bonds is 9. The van der Waals surface area contributed by atoms with Crippen LogP contribution in [-0.4, -0.2) is 0 Å². The highest BCUT2D eigenvalue weighted by molar-refractivity contribution is 8.03. The molecule has 0 N–H and O–H groups in total. The predicted octanol–water partition coefficient (Wildman–Crippen LogP) is 5.52. The molecule has 1 aromatic rings. The highest BCUT2D eigenvalue weighted by Crippen LogP contribution is 2.36. The van der Waals surface area contributed by atoms with Gasteiger partial charge >= 0.3 is 0 Å². The summed E-state index contributed by atoms with van der Waals surface area (Å²) in [4.78, 5) is 0. The molecule has 0 heterocycles. The van der Waals surface area contributed by atoms with Crippen LogP contribution in [0.15, 0.2) is 0 Å². The molecule has 0 aliphatic heterocycles. The molecule has 0 saturated carbocycles. The Balaban J connectivity index is 3.69. The van der Waals surface area contributed by atoms with Crippen molar-refractivity contribution in [2.24, 2.45) is 0 Å². The van der Waals surface area contributed by atoms with Crippen molar-refractivity contribution in [1.29, 1.82) is 15.8 Å². The van der Waals surface area contributed by atoms with Crippen molar-refractivity contribution < 1.29 is 0 Å². The second-order valence-electron chi connectivity index (χ2n) is 5.07. The average molecular weight is 376 g/mol. The van der Waals surface area contributed by atoms with Crippen LogP contribution in [-0.2, 0) is 36.5 Å². The van der Waals surface area contributed by atoms with E-state index in [1.807, 2.05) is 0 Å². The van der Waals surface area contributed by atoms with Crippen LogP contribution in [0, 0.1) is 32.0 Å². The molecule has 24 heavy (non-hydrogen) atoms. The summed E-state index contributed by atoms with van der Waals surface area (Å²) in [6.07, 6.45) is 2.69. The van der Waals surface area contributed by atoms with Crippen LogP contribution in [0.2, 0.25) is 0 Å². The topological polar surface area (TPSA) is 71.4 Å². The summed E-state index contributed by atoms with van der Waals surface area (Å²) >= 11 is 3.78. The Morgan fingerprint density at radius 3 is 0.958 bits per heavy atom. The molecule has 0 aromatic heterocycles. The lowest BCUT2D eigenvalue weighted by molar-refractivity contribution is 0.948. The van der Waals surface area contributed by atoms with E-state index >= 15 is 0 Å². The van der Waals surface area contributed by atoms with E-state index in [-0.39, 0.29) is 0 Å². The van der Waals surface area contributed by atoms with E-state index in [4.69, 9.17) is 15.8 Å². The molecule has 0 fully saturated rings. The minimum Gasteiger partial charge on any atom is -0.185 e. The minimum absolute atomic E-state index is 0.668. The van der Waals surface area contributed by atoms with Gasteiger partial charge < -0.3 is 0 Å².